The van der Waals surface area contributed by atoms with Crippen LogP contribution in [0, 0.1) is 0 Å². The van der Waals surface area contributed by atoms with Crippen LogP contribution in [0.1, 0.15) is 37.5 Å². The third-order valence-electron chi connectivity index (χ3n) is 3.27. The molecule has 0 amide bonds. The van der Waals surface area contributed by atoms with E-state index in [1.54, 1.807) is 20.1 Å². The van der Waals surface area contributed by atoms with Crippen LogP contribution >= 0.6 is 0 Å². The van der Waals surface area contributed by atoms with Gasteiger partial charge in [0.25, 0.3) is 0 Å². The van der Waals surface area contributed by atoms with Gasteiger partial charge in [-0.3, -0.25) is 4.79 Å². The summed E-state index contributed by atoms with van der Waals surface area (Å²) >= 11 is 0. The summed E-state index contributed by atoms with van der Waals surface area (Å²) in [5, 5.41) is 10.2. The van der Waals surface area contributed by atoms with Gasteiger partial charge in [0.15, 0.2) is 0 Å². The number of hydrogen-bond donors (Lipinski definition) is 1. The second-order valence-electron chi connectivity index (χ2n) is 4.86. The molecule has 0 bridgehead atoms. The Hall–Kier alpha value is -1.75. The predicted molar refractivity (Wildman–Crippen MR) is 73.0 cm³/mol. The van der Waals surface area contributed by atoms with Crippen molar-refractivity contribution in [1.82, 2.24) is 0 Å². The van der Waals surface area contributed by atoms with Crippen LogP contribution in [0.3, 0.4) is 0 Å². The van der Waals surface area contributed by atoms with Crippen molar-refractivity contribution >= 4 is 5.97 Å². The number of carbonyl (C=O) groups excluding carboxylic acids is 1. The van der Waals surface area contributed by atoms with E-state index in [0.29, 0.717) is 17.9 Å². The molecule has 1 aromatic carbocycles. The molecule has 1 aliphatic rings. The van der Waals surface area contributed by atoms with Gasteiger partial charge in [-0.25, -0.2) is 0 Å². The van der Waals surface area contributed by atoms with Crippen molar-refractivity contribution in [3.05, 3.63) is 23.3 Å². The summed E-state index contributed by atoms with van der Waals surface area (Å²) in [7, 11) is 1.54. The molecule has 1 heterocycles. The average Bonchev–Trinajstić information content (AvgIpc) is 2.76. The largest absolute Gasteiger partial charge is 0.496 e. The number of aliphatic hydroxyl groups excluding tert-OH is 1. The Kier molecular flexibility index (Phi) is 4.49. The summed E-state index contributed by atoms with van der Waals surface area (Å²) in [6.45, 7) is 4.02. The third kappa shape index (κ3) is 3.04. The van der Waals surface area contributed by atoms with Crippen molar-refractivity contribution in [2.24, 2.45) is 0 Å². The standard InChI is InChI=1S/C15H20O5/c1-4-19-15(17)8-12(16)11-7-13-10(5-9(2)20-13)6-14(11)18-3/h6-7,9,12,16H,4-5,8H2,1-3H3. The molecule has 2 unspecified atom stereocenters. The lowest BCUT2D eigenvalue weighted by Crippen LogP contribution is -2.11. The van der Waals surface area contributed by atoms with Gasteiger partial charge < -0.3 is 19.3 Å². The molecule has 5 nitrogen and oxygen atoms in total. The summed E-state index contributed by atoms with van der Waals surface area (Å²) in [4.78, 5) is 11.5. The molecule has 0 aromatic heterocycles. The van der Waals surface area contributed by atoms with E-state index in [1.807, 2.05) is 13.0 Å². The van der Waals surface area contributed by atoms with Gasteiger partial charge in [0.05, 0.1) is 26.2 Å². The molecule has 1 aromatic rings. The average molecular weight is 280 g/mol. The van der Waals surface area contributed by atoms with Gasteiger partial charge >= 0.3 is 5.97 Å². The lowest BCUT2D eigenvalue weighted by atomic mass is 10.0. The van der Waals surface area contributed by atoms with E-state index >= 15 is 0 Å². The molecule has 1 aliphatic heterocycles. The highest BCUT2D eigenvalue weighted by Gasteiger charge is 2.25. The molecule has 0 fully saturated rings. The van der Waals surface area contributed by atoms with Gasteiger partial charge in [0.1, 0.15) is 17.6 Å². The number of esters is 1. The van der Waals surface area contributed by atoms with Crippen LogP contribution < -0.4 is 9.47 Å². The SMILES string of the molecule is CCOC(=O)CC(O)c1cc2c(cc1OC)CC(C)O2. The fourth-order valence-corrected chi connectivity index (χ4v) is 2.38. The fraction of sp³-hybridized carbons (Fsp3) is 0.533. The molecular weight excluding hydrogens is 260 g/mol. The molecule has 0 spiro atoms. The van der Waals surface area contributed by atoms with E-state index < -0.39 is 12.1 Å². The van der Waals surface area contributed by atoms with Crippen LogP contribution in [0.4, 0.5) is 0 Å². The van der Waals surface area contributed by atoms with Crippen LogP contribution in [0.25, 0.3) is 0 Å². The quantitative estimate of drug-likeness (QED) is 0.836. The molecule has 0 saturated carbocycles. The van der Waals surface area contributed by atoms with Gasteiger partial charge in [0, 0.05) is 17.5 Å². The van der Waals surface area contributed by atoms with Crippen LogP contribution in [0.5, 0.6) is 11.5 Å². The summed E-state index contributed by atoms with van der Waals surface area (Å²) in [5.41, 5.74) is 1.61. The highest BCUT2D eigenvalue weighted by atomic mass is 16.5. The number of hydrogen-bond acceptors (Lipinski definition) is 5. The Morgan fingerprint density at radius 2 is 2.30 bits per heavy atom. The molecule has 0 radical (unpaired) electrons. The number of carbonyl (C=O) groups is 1. The molecule has 110 valence electrons. The van der Waals surface area contributed by atoms with Crippen LogP contribution in [-0.2, 0) is 16.0 Å². The van der Waals surface area contributed by atoms with E-state index in [-0.39, 0.29) is 12.5 Å². The Bertz CT molecular complexity index is 497. The molecule has 0 aliphatic carbocycles. The van der Waals surface area contributed by atoms with Crippen LogP contribution in [-0.4, -0.2) is 30.9 Å². The molecule has 1 N–H and O–H groups in total. The fourth-order valence-electron chi connectivity index (χ4n) is 2.38. The zero-order chi connectivity index (χ0) is 14.7. The third-order valence-corrected chi connectivity index (χ3v) is 3.27. The second kappa shape index (κ2) is 6.13. The lowest BCUT2D eigenvalue weighted by molar-refractivity contribution is -0.145. The number of fused-ring (bicyclic) bond motifs is 1. The molecule has 2 rings (SSSR count). The maximum absolute atomic E-state index is 11.5. The first kappa shape index (κ1) is 14.7. The van der Waals surface area contributed by atoms with E-state index in [4.69, 9.17) is 14.2 Å². The lowest BCUT2D eigenvalue weighted by Gasteiger charge is -2.15. The molecule has 5 heteroatoms. The van der Waals surface area contributed by atoms with Gasteiger partial charge in [0.2, 0.25) is 0 Å². The summed E-state index contributed by atoms with van der Waals surface area (Å²) < 4.78 is 15.8. The molecule has 20 heavy (non-hydrogen) atoms. The van der Waals surface area contributed by atoms with Gasteiger partial charge in [-0.15, -0.1) is 0 Å². The van der Waals surface area contributed by atoms with Crippen molar-refractivity contribution in [2.45, 2.75) is 38.9 Å². The minimum Gasteiger partial charge on any atom is -0.496 e. The minimum absolute atomic E-state index is 0.0987. The monoisotopic (exact) mass is 280 g/mol. The normalized spacial score (nSPS) is 18.1. The van der Waals surface area contributed by atoms with Gasteiger partial charge in [-0.1, -0.05) is 0 Å². The molecule has 0 saturated heterocycles. The van der Waals surface area contributed by atoms with E-state index in [0.717, 1.165) is 17.7 Å². The van der Waals surface area contributed by atoms with E-state index in [1.165, 1.54) is 0 Å². The number of rotatable bonds is 5. The minimum atomic E-state index is -0.964. The van der Waals surface area contributed by atoms with E-state index in [2.05, 4.69) is 0 Å². The van der Waals surface area contributed by atoms with Crippen molar-refractivity contribution in [1.29, 1.82) is 0 Å². The maximum Gasteiger partial charge on any atom is 0.308 e. The number of aliphatic hydroxyl groups is 1. The smallest absolute Gasteiger partial charge is 0.308 e. The predicted octanol–water partition coefficient (Wildman–Crippen LogP) is 2.01. The Morgan fingerprint density at radius 1 is 1.55 bits per heavy atom. The zero-order valence-electron chi connectivity index (χ0n) is 12.0. The van der Waals surface area contributed by atoms with Gasteiger partial charge in [-0.2, -0.15) is 0 Å². The topological polar surface area (TPSA) is 65.0 Å². The van der Waals surface area contributed by atoms with Crippen molar-refractivity contribution in [2.75, 3.05) is 13.7 Å². The van der Waals surface area contributed by atoms with Crippen molar-refractivity contribution in [3.63, 3.8) is 0 Å². The first-order valence-corrected chi connectivity index (χ1v) is 6.76. The zero-order valence-corrected chi connectivity index (χ0v) is 12.0. The van der Waals surface area contributed by atoms with Crippen LogP contribution in [0.15, 0.2) is 12.1 Å². The molecule has 2 atom stereocenters. The molecular formula is C15H20O5. The summed E-state index contributed by atoms with van der Waals surface area (Å²) in [5.74, 6) is 0.881. The van der Waals surface area contributed by atoms with Crippen LogP contribution in [0.2, 0.25) is 0 Å². The number of benzene rings is 1. The second-order valence-corrected chi connectivity index (χ2v) is 4.86. The Morgan fingerprint density at radius 3 is 2.95 bits per heavy atom. The first-order valence-electron chi connectivity index (χ1n) is 6.76. The Labute approximate surface area is 118 Å². The van der Waals surface area contributed by atoms with Crippen molar-refractivity contribution < 1.29 is 24.1 Å². The highest BCUT2D eigenvalue weighted by Crippen LogP contribution is 2.38. The van der Waals surface area contributed by atoms with E-state index in [9.17, 15) is 9.90 Å². The summed E-state index contributed by atoms with van der Waals surface area (Å²) in [6, 6.07) is 3.62. The maximum atomic E-state index is 11.5. The Balaban J connectivity index is 2.22. The first-order chi connectivity index (χ1) is 9.55. The number of methoxy groups -OCH3 is 1. The number of ether oxygens (including phenoxy) is 3. The van der Waals surface area contributed by atoms with Crippen molar-refractivity contribution in [3.8, 4) is 11.5 Å². The highest BCUT2D eigenvalue weighted by molar-refractivity contribution is 5.70. The summed E-state index contributed by atoms with van der Waals surface area (Å²) in [6.07, 6.45) is -0.126. The van der Waals surface area contributed by atoms with Gasteiger partial charge in [-0.05, 0) is 26.0 Å².